The van der Waals surface area contributed by atoms with E-state index in [-0.39, 0.29) is 41.0 Å². The number of hydrogen-bond acceptors (Lipinski definition) is 6. The monoisotopic (exact) mass is 674 g/mol. The van der Waals surface area contributed by atoms with E-state index in [1.165, 1.54) is 3.51 Å². The molecule has 5 rings (SSSR count). The van der Waals surface area contributed by atoms with E-state index in [9.17, 15) is 4.79 Å². The molecular weight excluding hydrogens is 631 g/mol. The summed E-state index contributed by atoms with van der Waals surface area (Å²) in [7, 11) is 5.12. The second-order valence-electron chi connectivity index (χ2n) is 11.5. The van der Waals surface area contributed by atoms with Crippen LogP contribution < -0.4 is 14.8 Å². The zero-order chi connectivity index (χ0) is 27.7. The Bertz CT molecular complexity index is 1130. The largest absolute Gasteiger partial charge is 0.493 e. The predicted molar refractivity (Wildman–Crippen MR) is 166 cm³/mol. The molecule has 1 aromatic rings. The summed E-state index contributed by atoms with van der Waals surface area (Å²) in [6.45, 7) is 2.93. The molecule has 218 valence electrons. The Balaban J connectivity index is 1.50. The Morgan fingerprint density at radius 2 is 2.05 bits per heavy atom. The minimum atomic E-state index is -2.28. The Kier molecular flexibility index (Phi) is 9.38. The van der Waals surface area contributed by atoms with Crippen LogP contribution in [0.25, 0.3) is 0 Å². The summed E-state index contributed by atoms with van der Waals surface area (Å²) in [5.74, 6) is 1.65. The van der Waals surface area contributed by atoms with Crippen LogP contribution in [-0.4, -0.2) is 74.8 Å². The van der Waals surface area contributed by atoms with Crippen molar-refractivity contribution in [3.63, 3.8) is 0 Å². The number of rotatable bonds is 8. The number of nitrogens with zero attached hydrogens (tertiary/aromatic N) is 1. The highest BCUT2D eigenvalue weighted by molar-refractivity contribution is 14.2. The summed E-state index contributed by atoms with van der Waals surface area (Å²) in [6.07, 6.45) is 8.93. The van der Waals surface area contributed by atoms with Gasteiger partial charge in [0.15, 0.2) is 11.5 Å². The molecule has 0 bridgehead atoms. The molecule has 7 atom stereocenters. The lowest BCUT2D eigenvalue weighted by Crippen LogP contribution is -2.62. The summed E-state index contributed by atoms with van der Waals surface area (Å²) in [4.78, 5) is 14.1. The zero-order valence-electron chi connectivity index (χ0n) is 23.7. The topological polar surface area (TPSA) is 69.3 Å². The van der Waals surface area contributed by atoms with Crippen LogP contribution in [-0.2, 0) is 14.3 Å². The first-order valence-electron chi connectivity index (χ1n) is 14.3. The zero-order valence-corrected chi connectivity index (χ0v) is 26.6. The van der Waals surface area contributed by atoms with Gasteiger partial charge >= 0.3 is 0 Å². The third kappa shape index (κ3) is 5.57. The minimum Gasteiger partial charge on any atom is -0.493 e. The second-order valence-corrected chi connectivity index (χ2v) is 16.2. The van der Waals surface area contributed by atoms with Gasteiger partial charge in [0, 0.05) is 35.6 Å². The Morgan fingerprint density at radius 3 is 2.72 bits per heavy atom. The molecule has 3 heterocycles. The first-order chi connectivity index (χ1) is 18.9. The lowest BCUT2D eigenvalue weighted by molar-refractivity contribution is -0.137. The summed E-state index contributed by atoms with van der Waals surface area (Å²) in [5, 5.41) is 3.83. The molecule has 3 fully saturated rings. The first-order valence-corrected chi connectivity index (χ1v) is 18.3. The van der Waals surface area contributed by atoms with Crippen molar-refractivity contribution >= 4 is 44.7 Å². The van der Waals surface area contributed by atoms with Gasteiger partial charge in [-0.3, -0.25) is 13.2 Å². The standard InChI is InChI=1S/C30H44ClIN2O5/c1-6-12-30-13-11-20(36-3)16-27(30)33-28(31)21(18-30)23-17-22(19-9-10-24(37-4)26(15-19)38-5)32(2)34(23)29(35)25-8-7-14-39-25/h9-10,15,20-21,23,25,27-28,33H,2,6-8,11-14,16-18H2,1,3-5H3. The van der Waals surface area contributed by atoms with Crippen molar-refractivity contribution < 1.29 is 23.7 Å². The van der Waals surface area contributed by atoms with E-state index in [0.29, 0.717) is 24.1 Å². The fourth-order valence-corrected chi connectivity index (χ4v) is 12.8. The number of benzene rings is 1. The molecule has 0 radical (unpaired) electrons. The van der Waals surface area contributed by atoms with Crippen LogP contribution in [0.15, 0.2) is 18.2 Å². The number of hydrogen-bond donors (Lipinski definition) is 1. The maximum absolute atomic E-state index is 14.1. The van der Waals surface area contributed by atoms with E-state index in [1.807, 2.05) is 19.2 Å². The molecule has 7 nitrogen and oxygen atoms in total. The molecule has 4 aliphatic rings. The highest BCUT2D eigenvalue weighted by atomic mass is 127. The summed E-state index contributed by atoms with van der Waals surface area (Å²) < 4.78 is 31.0. The highest BCUT2D eigenvalue weighted by Gasteiger charge is 2.53. The fourth-order valence-electron chi connectivity index (χ4n) is 7.43. The van der Waals surface area contributed by atoms with Crippen LogP contribution in [0.1, 0.15) is 70.3 Å². The van der Waals surface area contributed by atoms with Crippen molar-refractivity contribution in [2.75, 3.05) is 27.9 Å². The Labute approximate surface area is 244 Å². The number of amides is 1. The van der Waals surface area contributed by atoms with Gasteiger partial charge in [-0.2, -0.15) is 0 Å². The van der Waals surface area contributed by atoms with Gasteiger partial charge in [-0.15, -0.1) is 11.6 Å². The van der Waals surface area contributed by atoms with Gasteiger partial charge < -0.3 is 18.9 Å². The van der Waals surface area contributed by atoms with Crippen molar-refractivity contribution in [3.05, 3.63) is 23.8 Å². The highest BCUT2D eigenvalue weighted by Crippen LogP contribution is 2.53. The molecule has 1 saturated carbocycles. The van der Waals surface area contributed by atoms with Gasteiger partial charge in [0.2, 0.25) is 0 Å². The average molecular weight is 675 g/mol. The van der Waals surface area contributed by atoms with Gasteiger partial charge in [0.1, 0.15) is 6.10 Å². The van der Waals surface area contributed by atoms with Gasteiger partial charge in [-0.25, -0.2) is 0 Å². The Morgan fingerprint density at radius 1 is 1.26 bits per heavy atom. The maximum atomic E-state index is 14.1. The van der Waals surface area contributed by atoms with E-state index in [1.54, 1.807) is 14.2 Å². The molecule has 1 N–H and O–H groups in total. The quantitative estimate of drug-likeness (QED) is 0.173. The van der Waals surface area contributed by atoms with Crippen molar-refractivity contribution in [2.45, 2.75) is 94.5 Å². The number of carbonyl (C=O) groups is 1. The fraction of sp³-hybridized carbons (Fsp3) is 0.700. The van der Waals surface area contributed by atoms with Crippen molar-refractivity contribution in [1.82, 2.24) is 8.43 Å². The molecule has 1 aromatic carbocycles. The first kappa shape index (κ1) is 29.4. The molecule has 1 amide bonds. The number of piperidine rings is 1. The third-order valence-electron chi connectivity index (χ3n) is 9.43. The summed E-state index contributed by atoms with van der Waals surface area (Å²) >= 11 is 4.94. The molecule has 0 spiro atoms. The van der Waals surface area contributed by atoms with E-state index in [4.69, 9.17) is 35.1 Å². The van der Waals surface area contributed by atoms with E-state index in [2.05, 4.69) is 21.4 Å². The van der Waals surface area contributed by atoms with Crippen LogP contribution in [0.5, 0.6) is 11.5 Å². The van der Waals surface area contributed by atoms with E-state index >= 15 is 0 Å². The number of alkyl halides is 1. The molecule has 0 aromatic heterocycles. The lowest BCUT2D eigenvalue weighted by atomic mass is 9.60. The number of ether oxygens (including phenoxy) is 4. The normalized spacial score (nSPS) is 35.2. The van der Waals surface area contributed by atoms with Crippen LogP contribution in [0, 0.1) is 11.3 Å². The summed E-state index contributed by atoms with van der Waals surface area (Å²) in [6, 6.07) is 6.42. The predicted octanol–water partition coefficient (Wildman–Crippen LogP) is 5.39. The number of fused-ring (bicyclic) bond motifs is 1. The molecule has 7 unspecified atom stereocenters. The molecule has 9 heteroatoms. The second kappa shape index (κ2) is 12.4. The van der Waals surface area contributed by atoms with Gasteiger partial charge in [-0.1, -0.05) is 23.9 Å². The van der Waals surface area contributed by atoms with Crippen LogP contribution in [0.3, 0.4) is 0 Å². The summed E-state index contributed by atoms with van der Waals surface area (Å²) in [5.41, 5.74) is 1.05. The minimum absolute atomic E-state index is 0.0114. The van der Waals surface area contributed by atoms with Crippen LogP contribution >= 0.6 is 30.7 Å². The number of carbonyl (C=O) groups excluding carboxylic acids is 1. The van der Waals surface area contributed by atoms with Crippen molar-refractivity contribution in [3.8, 4) is 11.5 Å². The molecule has 39 heavy (non-hydrogen) atoms. The average Bonchev–Trinajstić information content (AvgIpc) is 3.60. The number of halogens is 2. The van der Waals surface area contributed by atoms with Gasteiger partial charge in [0.25, 0.3) is 5.91 Å². The SMILES string of the molecule is C=I1=C(c2ccc(OC)c(OC)c2)CC(C2CC3(CCC)CCC(OC)CC3NC2Cl)N1C(=O)C1CCCO1. The molecular formula is C30H44ClIN2O5. The van der Waals surface area contributed by atoms with Gasteiger partial charge in [0.05, 0.1) is 31.9 Å². The lowest BCUT2D eigenvalue weighted by Gasteiger charge is -2.55. The van der Waals surface area contributed by atoms with E-state index in [0.717, 1.165) is 63.4 Å². The smallest absolute Gasteiger partial charge is 0.259 e. The number of methoxy groups -OCH3 is 3. The molecule has 2 saturated heterocycles. The van der Waals surface area contributed by atoms with E-state index < -0.39 is 19.1 Å². The molecule has 1 aliphatic carbocycles. The van der Waals surface area contributed by atoms with Crippen molar-refractivity contribution in [1.29, 1.82) is 0 Å². The van der Waals surface area contributed by atoms with Crippen molar-refractivity contribution in [2.24, 2.45) is 11.3 Å². The number of nitrogens with one attached hydrogen (secondary N) is 1. The van der Waals surface area contributed by atoms with Gasteiger partial charge in [-0.05, 0) is 87.2 Å². The maximum Gasteiger partial charge on any atom is 0.259 e. The third-order valence-corrected chi connectivity index (χ3v) is 14.9. The Hall–Kier alpha value is -1.07. The van der Waals surface area contributed by atoms with Crippen LogP contribution in [0.2, 0.25) is 0 Å². The molecule has 3 aliphatic heterocycles. The van der Waals surface area contributed by atoms with Crippen LogP contribution in [0.4, 0.5) is 0 Å².